The van der Waals surface area contributed by atoms with Crippen molar-refractivity contribution < 1.29 is 5.11 Å². The van der Waals surface area contributed by atoms with Gasteiger partial charge in [-0.1, -0.05) is 29.3 Å². The van der Waals surface area contributed by atoms with Gasteiger partial charge >= 0.3 is 0 Å². The van der Waals surface area contributed by atoms with Crippen LogP contribution in [0.3, 0.4) is 0 Å². The molecule has 1 unspecified atom stereocenters. The molecule has 0 amide bonds. The minimum absolute atomic E-state index is 0.332. The number of aliphatic hydroxyl groups excluding tert-OH is 1. The molecule has 1 aromatic rings. The summed E-state index contributed by atoms with van der Waals surface area (Å²) in [5.74, 6) is 0.420. The molecular weight excluding hydrogens is 269 g/mol. The molecule has 3 heterocycles. The Hall–Kier alpha value is -0.700. The quantitative estimate of drug-likeness (QED) is 0.854. The molecule has 3 aliphatic heterocycles. The van der Waals surface area contributed by atoms with E-state index in [1.165, 1.54) is 0 Å². The Kier molecular flexibility index (Phi) is 3.27. The Labute approximate surface area is 117 Å². The first kappa shape index (κ1) is 12.3. The second-order valence-electron chi connectivity index (χ2n) is 5.01. The van der Waals surface area contributed by atoms with Crippen LogP contribution < -0.4 is 0 Å². The van der Waals surface area contributed by atoms with E-state index in [0.717, 1.165) is 37.2 Å². The van der Waals surface area contributed by atoms with E-state index in [4.69, 9.17) is 23.2 Å². The lowest BCUT2D eigenvalue weighted by molar-refractivity contribution is 0.0215. The van der Waals surface area contributed by atoms with Crippen LogP contribution in [0.15, 0.2) is 23.9 Å². The molecule has 1 N–H and O–H groups in total. The second kappa shape index (κ2) is 4.76. The molecule has 0 saturated carbocycles. The average Bonchev–Trinajstić information content (AvgIpc) is 2.38. The number of halogens is 2. The van der Waals surface area contributed by atoms with Crippen molar-refractivity contribution in [2.75, 3.05) is 13.1 Å². The maximum atomic E-state index is 10.3. The fraction of sp³-hybridized carbons (Fsp3) is 0.429. The van der Waals surface area contributed by atoms with E-state index in [9.17, 15) is 5.11 Å². The molecule has 0 spiro atoms. The first-order valence-corrected chi connectivity index (χ1v) is 7.00. The average molecular weight is 284 g/mol. The van der Waals surface area contributed by atoms with Crippen molar-refractivity contribution in [2.45, 2.75) is 18.9 Å². The maximum Gasteiger partial charge on any atom is 0.0965 e. The van der Waals surface area contributed by atoms with E-state index in [2.05, 4.69) is 4.90 Å². The van der Waals surface area contributed by atoms with Crippen LogP contribution in [-0.2, 0) is 0 Å². The van der Waals surface area contributed by atoms with Gasteiger partial charge in [0.2, 0.25) is 0 Å². The summed E-state index contributed by atoms with van der Waals surface area (Å²) in [6, 6.07) is 5.56. The summed E-state index contributed by atoms with van der Waals surface area (Å²) < 4.78 is 0. The van der Waals surface area contributed by atoms with Gasteiger partial charge in [-0.3, -0.25) is 0 Å². The Morgan fingerprint density at radius 3 is 2.50 bits per heavy atom. The molecule has 1 aromatic carbocycles. The Balaban J connectivity index is 1.93. The van der Waals surface area contributed by atoms with Gasteiger partial charge in [-0.15, -0.1) is 0 Å². The Morgan fingerprint density at radius 1 is 1.17 bits per heavy atom. The van der Waals surface area contributed by atoms with Gasteiger partial charge < -0.3 is 10.0 Å². The summed E-state index contributed by atoms with van der Waals surface area (Å²) in [6.07, 6.45) is 3.89. The topological polar surface area (TPSA) is 23.5 Å². The van der Waals surface area contributed by atoms with Crippen LogP contribution in [0.1, 0.15) is 18.4 Å². The summed E-state index contributed by atoms with van der Waals surface area (Å²) in [4.78, 5) is 2.27. The fourth-order valence-corrected chi connectivity index (χ4v) is 3.16. The molecule has 1 atom stereocenters. The second-order valence-corrected chi connectivity index (χ2v) is 5.83. The Morgan fingerprint density at radius 2 is 1.89 bits per heavy atom. The number of benzene rings is 1. The van der Waals surface area contributed by atoms with Crippen LogP contribution >= 0.6 is 23.2 Å². The molecule has 4 heteroatoms. The summed E-state index contributed by atoms with van der Waals surface area (Å²) in [5.41, 5.74) is 2.02. The molecule has 96 valence electrons. The molecule has 4 rings (SSSR count). The number of aliphatic hydroxyl groups is 1. The molecular formula is C14H15Cl2NO. The van der Waals surface area contributed by atoms with E-state index in [0.29, 0.717) is 16.0 Å². The third-order valence-corrected chi connectivity index (χ3v) is 4.65. The molecule has 3 fully saturated rings. The van der Waals surface area contributed by atoms with Gasteiger partial charge in [-0.05, 0) is 42.5 Å². The number of nitrogens with zero attached hydrogens (tertiary/aromatic N) is 1. The highest BCUT2D eigenvalue weighted by molar-refractivity contribution is 6.42. The third-order valence-electron chi connectivity index (χ3n) is 3.91. The fourth-order valence-electron chi connectivity index (χ4n) is 2.85. The zero-order valence-corrected chi connectivity index (χ0v) is 11.5. The van der Waals surface area contributed by atoms with E-state index in [-0.39, 0.29) is 6.10 Å². The van der Waals surface area contributed by atoms with Crippen molar-refractivity contribution in [1.82, 2.24) is 4.90 Å². The van der Waals surface area contributed by atoms with E-state index in [1.807, 2.05) is 18.2 Å². The molecule has 2 bridgehead atoms. The van der Waals surface area contributed by atoms with E-state index >= 15 is 0 Å². The first-order valence-electron chi connectivity index (χ1n) is 6.25. The number of fused-ring (bicyclic) bond motifs is 3. The molecule has 18 heavy (non-hydrogen) atoms. The minimum Gasteiger partial charge on any atom is -0.387 e. The van der Waals surface area contributed by atoms with E-state index < -0.39 is 0 Å². The van der Waals surface area contributed by atoms with Crippen molar-refractivity contribution in [3.8, 4) is 0 Å². The minimum atomic E-state index is -0.332. The zero-order chi connectivity index (χ0) is 12.7. The monoisotopic (exact) mass is 283 g/mol. The van der Waals surface area contributed by atoms with Crippen LogP contribution in [0.2, 0.25) is 10.0 Å². The van der Waals surface area contributed by atoms with Crippen LogP contribution in [0.5, 0.6) is 0 Å². The largest absolute Gasteiger partial charge is 0.387 e. The lowest BCUT2D eigenvalue weighted by Gasteiger charge is -2.45. The highest BCUT2D eigenvalue weighted by atomic mass is 35.5. The smallest absolute Gasteiger partial charge is 0.0965 e. The molecule has 3 saturated heterocycles. The molecule has 0 radical (unpaired) electrons. The molecule has 3 aliphatic rings. The third kappa shape index (κ3) is 2.13. The molecule has 0 aromatic heterocycles. The van der Waals surface area contributed by atoms with Crippen molar-refractivity contribution in [3.05, 3.63) is 39.5 Å². The van der Waals surface area contributed by atoms with Gasteiger partial charge in [0.25, 0.3) is 0 Å². The summed E-state index contributed by atoms with van der Waals surface area (Å²) in [5, 5.41) is 11.4. The number of rotatable bonds is 1. The van der Waals surface area contributed by atoms with Crippen LogP contribution in [-0.4, -0.2) is 29.2 Å². The first-order chi connectivity index (χ1) is 8.65. The number of piperidine rings is 3. The predicted octanol–water partition coefficient (Wildman–Crippen LogP) is 3.42. The van der Waals surface area contributed by atoms with Crippen LogP contribution in [0.25, 0.3) is 6.08 Å². The van der Waals surface area contributed by atoms with Crippen LogP contribution in [0, 0.1) is 5.92 Å². The molecule has 2 nitrogen and oxygen atoms in total. The summed E-state index contributed by atoms with van der Waals surface area (Å²) in [6.45, 7) is 2.10. The predicted molar refractivity (Wildman–Crippen MR) is 74.7 cm³/mol. The summed E-state index contributed by atoms with van der Waals surface area (Å²) >= 11 is 11.9. The lowest BCUT2D eigenvalue weighted by atomic mass is 9.83. The van der Waals surface area contributed by atoms with Gasteiger partial charge in [0.1, 0.15) is 0 Å². The van der Waals surface area contributed by atoms with Gasteiger partial charge in [0.15, 0.2) is 0 Å². The van der Waals surface area contributed by atoms with Gasteiger partial charge in [-0.25, -0.2) is 0 Å². The zero-order valence-electron chi connectivity index (χ0n) is 9.94. The van der Waals surface area contributed by atoms with E-state index in [1.54, 1.807) is 6.07 Å². The Bertz CT molecular complexity index is 489. The number of hydrogen-bond donors (Lipinski definition) is 1. The maximum absolute atomic E-state index is 10.3. The highest BCUT2D eigenvalue weighted by Gasteiger charge is 2.36. The van der Waals surface area contributed by atoms with Crippen molar-refractivity contribution in [2.24, 2.45) is 5.92 Å². The van der Waals surface area contributed by atoms with Gasteiger partial charge in [-0.2, -0.15) is 0 Å². The van der Waals surface area contributed by atoms with Crippen molar-refractivity contribution in [1.29, 1.82) is 0 Å². The van der Waals surface area contributed by atoms with Crippen molar-refractivity contribution >= 4 is 29.3 Å². The SMILES string of the molecule is OC1/C(=C/c2ccc(Cl)c(Cl)c2)N2CCC1CC2. The summed E-state index contributed by atoms with van der Waals surface area (Å²) in [7, 11) is 0. The van der Waals surface area contributed by atoms with Gasteiger partial charge in [0, 0.05) is 18.8 Å². The lowest BCUT2D eigenvalue weighted by Crippen LogP contribution is -2.48. The normalized spacial score (nSPS) is 29.1. The van der Waals surface area contributed by atoms with Gasteiger partial charge in [0.05, 0.1) is 16.1 Å². The standard InChI is InChI=1S/C14H15Cl2NO/c15-11-2-1-9(7-12(11)16)8-13-14(18)10-3-5-17(13)6-4-10/h1-2,7-8,10,14,18H,3-6H2/b13-8-. The van der Waals surface area contributed by atoms with Crippen molar-refractivity contribution in [3.63, 3.8) is 0 Å². The number of hydrogen-bond acceptors (Lipinski definition) is 2. The molecule has 0 aliphatic carbocycles. The van der Waals surface area contributed by atoms with Crippen LogP contribution in [0.4, 0.5) is 0 Å². The highest BCUT2D eigenvalue weighted by Crippen LogP contribution is 2.36.